The van der Waals surface area contributed by atoms with Crippen LogP contribution in [0.3, 0.4) is 0 Å². The highest BCUT2D eigenvalue weighted by Crippen LogP contribution is 2.23. The van der Waals surface area contributed by atoms with Crippen LogP contribution >= 0.6 is 27.3 Å². The van der Waals surface area contributed by atoms with E-state index < -0.39 is 6.04 Å². The van der Waals surface area contributed by atoms with E-state index in [1.165, 1.54) is 5.56 Å². The summed E-state index contributed by atoms with van der Waals surface area (Å²) in [6.45, 7) is 4.10. The van der Waals surface area contributed by atoms with Gasteiger partial charge < -0.3 is 15.4 Å². The largest absolute Gasteiger partial charge is 0.497 e. The van der Waals surface area contributed by atoms with E-state index in [1.807, 2.05) is 29.2 Å². The summed E-state index contributed by atoms with van der Waals surface area (Å²) in [6, 6.07) is 11.7. The van der Waals surface area contributed by atoms with Crippen LogP contribution in [0.2, 0.25) is 0 Å². The van der Waals surface area contributed by atoms with E-state index >= 15 is 0 Å². The zero-order chi connectivity index (χ0) is 18.5. The van der Waals surface area contributed by atoms with Crippen molar-refractivity contribution in [3.05, 3.63) is 50.6 Å². The predicted molar refractivity (Wildman–Crippen MR) is 109 cm³/mol. The first-order chi connectivity index (χ1) is 12.5. The van der Waals surface area contributed by atoms with Crippen molar-refractivity contribution in [2.45, 2.75) is 19.0 Å². The van der Waals surface area contributed by atoms with Crippen molar-refractivity contribution >= 4 is 33.2 Å². The second kappa shape index (κ2) is 8.99. The summed E-state index contributed by atoms with van der Waals surface area (Å²) in [7, 11) is 1.67. The molecule has 1 saturated heterocycles. The number of rotatable bonds is 6. The molecule has 0 aliphatic carbocycles. The van der Waals surface area contributed by atoms with Crippen molar-refractivity contribution in [1.82, 2.24) is 9.80 Å². The lowest BCUT2D eigenvalue weighted by Gasteiger charge is -2.36. The Labute approximate surface area is 166 Å². The number of methoxy groups -OCH3 is 1. The van der Waals surface area contributed by atoms with Gasteiger partial charge in [-0.05, 0) is 45.8 Å². The van der Waals surface area contributed by atoms with Crippen molar-refractivity contribution in [3.8, 4) is 5.75 Å². The van der Waals surface area contributed by atoms with E-state index in [2.05, 4.69) is 33.0 Å². The average molecular weight is 438 g/mol. The van der Waals surface area contributed by atoms with E-state index in [1.54, 1.807) is 18.4 Å². The van der Waals surface area contributed by atoms with Crippen LogP contribution in [0.1, 0.15) is 10.4 Å². The Morgan fingerprint density at radius 1 is 1.19 bits per heavy atom. The predicted octanol–water partition coefficient (Wildman–Crippen LogP) is 2.73. The Balaban J connectivity index is 1.46. The minimum Gasteiger partial charge on any atom is -0.497 e. The van der Waals surface area contributed by atoms with Crippen LogP contribution in [0.25, 0.3) is 0 Å². The Morgan fingerprint density at radius 3 is 2.46 bits per heavy atom. The van der Waals surface area contributed by atoms with Gasteiger partial charge in [0.2, 0.25) is 5.91 Å². The number of hydrogen-bond donors (Lipinski definition) is 1. The normalized spacial score (nSPS) is 16.5. The van der Waals surface area contributed by atoms with Crippen molar-refractivity contribution in [2.24, 2.45) is 5.73 Å². The van der Waals surface area contributed by atoms with Gasteiger partial charge in [-0.1, -0.05) is 12.1 Å². The highest BCUT2D eigenvalue weighted by Gasteiger charge is 2.25. The lowest BCUT2D eigenvalue weighted by molar-refractivity contribution is -0.134. The van der Waals surface area contributed by atoms with Gasteiger partial charge in [-0.3, -0.25) is 9.69 Å². The molecule has 1 amide bonds. The molecule has 1 fully saturated rings. The lowest BCUT2D eigenvalue weighted by Crippen LogP contribution is -2.53. The van der Waals surface area contributed by atoms with Crippen LogP contribution in [0, 0.1) is 0 Å². The van der Waals surface area contributed by atoms with E-state index in [0.717, 1.165) is 47.1 Å². The van der Waals surface area contributed by atoms with Crippen molar-refractivity contribution in [2.75, 3.05) is 33.3 Å². The number of hydrogen-bond acceptors (Lipinski definition) is 5. The average Bonchev–Trinajstić information content (AvgIpc) is 3.07. The van der Waals surface area contributed by atoms with Gasteiger partial charge in [-0.25, -0.2) is 0 Å². The van der Waals surface area contributed by atoms with Gasteiger partial charge in [0.1, 0.15) is 5.75 Å². The molecule has 1 aliphatic heterocycles. The lowest BCUT2D eigenvalue weighted by atomic mass is 10.1. The number of amides is 1. The fourth-order valence-corrected chi connectivity index (χ4v) is 4.66. The standard InChI is InChI=1S/C19H24BrN3O2S/c1-25-15-4-2-14(3-5-15)13-22-8-10-23(11-9-22)19(24)17(21)12-16-6-7-18(20)26-16/h2-7,17H,8-13,21H2,1H3. The monoisotopic (exact) mass is 437 g/mol. The summed E-state index contributed by atoms with van der Waals surface area (Å²) >= 11 is 5.08. The number of nitrogens with two attached hydrogens (primary N) is 1. The summed E-state index contributed by atoms with van der Waals surface area (Å²) in [5.41, 5.74) is 7.40. The summed E-state index contributed by atoms with van der Waals surface area (Å²) in [5, 5.41) is 0. The SMILES string of the molecule is COc1ccc(CN2CCN(C(=O)C(N)Cc3ccc(Br)s3)CC2)cc1. The molecule has 0 radical (unpaired) electrons. The maximum Gasteiger partial charge on any atom is 0.239 e. The van der Waals surface area contributed by atoms with E-state index in [4.69, 9.17) is 10.5 Å². The smallest absolute Gasteiger partial charge is 0.239 e. The highest BCUT2D eigenvalue weighted by atomic mass is 79.9. The summed E-state index contributed by atoms with van der Waals surface area (Å²) in [6.07, 6.45) is 0.598. The minimum absolute atomic E-state index is 0.0543. The van der Waals surface area contributed by atoms with Gasteiger partial charge in [0, 0.05) is 44.0 Å². The molecule has 0 saturated carbocycles. The summed E-state index contributed by atoms with van der Waals surface area (Å²) < 4.78 is 6.26. The molecule has 1 aliphatic rings. The maximum atomic E-state index is 12.6. The second-order valence-corrected chi connectivity index (χ2v) is 9.01. The fourth-order valence-electron chi connectivity index (χ4n) is 3.12. The molecular formula is C19H24BrN3O2S. The topological polar surface area (TPSA) is 58.8 Å². The Bertz CT molecular complexity index is 727. The van der Waals surface area contributed by atoms with Gasteiger partial charge >= 0.3 is 0 Å². The van der Waals surface area contributed by atoms with E-state index in [9.17, 15) is 4.79 Å². The molecule has 140 valence electrons. The molecule has 3 rings (SSSR count). The number of ether oxygens (including phenoxy) is 1. The Hall–Kier alpha value is -1.41. The van der Waals surface area contributed by atoms with Crippen LogP contribution < -0.4 is 10.5 Å². The first kappa shape index (κ1) is 19.4. The molecule has 2 aromatic rings. The van der Waals surface area contributed by atoms with Gasteiger partial charge in [-0.2, -0.15) is 0 Å². The molecule has 2 N–H and O–H groups in total. The van der Waals surface area contributed by atoms with Gasteiger partial charge in [0.15, 0.2) is 0 Å². The third-order valence-electron chi connectivity index (χ3n) is 4.62. The molecular weight excluding hydrogens is 414 g/mol. The highest BCUT2D eigenvalue weighted by molar-refractivity contribution is 9.11. The Morgan fingerprint density at radius 2 is 1.88 bits per heavy atom. The number of carbonyl (C=O) groups is 1. The van der Waals surface area contributed by atoms with Crippen LogP contribution in [0.5, 0.6) is 5.75 Å². The van der Waals surface area contributed by atoms with Crippen LogP contribution in [0.15, 0.2) is 40.2 Å². The molecule has 2 heterocycles. The molecule has 0 bridgehead atoms. The van der Waals surface area contributed by atoms with Crippen molar-refractivity contribution in [1.29, 1.82) is 0 Å². The van der Waals surface area contributed by atoms with Gasteiger partial charge in [0.25, 0.3) is 0 Å². The molecule has 0 spiro atoms. The number of carbonyl (C=O) groups excluding carboxylic acids is 1. The number of thiophene rings is 1. The van der Waals surface area contributed by atoms with Crippen molar-refractivity contribution in [3.63, 3.8) is 0 Å². The van der Waals surface area contributed by atoms with Gasteiger partial charge in [0.05, 0.1) is 16.9 Å². The molecule has 1 unspecified atom stereocenters. The zero-order valence-corrected chi connectivity index (χ0v) is 17.3. The quantitative estimate of drug-likeness (QED) is 0.754. The zero-order valence-electron chi connectivity index (χ0n) is 14.9. The number of halogens is 1. The fraction of sp³-hybridized carbons (Fsp3) is 0.421. The van der Waals surface area contributed by atoms with Crippen LogP contribution in [-0.4, -0.2) is 55.0 Å². The number of piperazine rings is 1. The minimum atomic E-state index is -0.464. The summed E-state index contributed by atoms with van der Waals surface area (Å²) in [4.78, 5) is 18.0. The van der Waals surface area contributed by atoms with Crippen molar-refractivity contribution < 1.29 is 9.53 Å². The van der Waals surface area contributed by atoms with Crippen LogP contribution in [0.4, 0.5) is 0 Å². The molecule has 5 nitrogen and oxygen atoms in total. The first-order valence-electron chi connectivity index (χ1n) is 8.69. The van der Waals surface area contributed by atoms with E-state index in [0.29, 0.717) is 6.42 Å². The van der Waals surface area contributed by atoms with Gasteiger partial charge in [-0.15, -0.1) is 11.3 Å². The molecule has 1 aromatic carbocycles. The molecule has 1 aromatic heterocycles. The number of benzene rings is 1. The summed E-state index contributed by atoms with van der Waals surface area (Å²) in [5.74, 6) is 0.926. The maximum absolute atomic E-state index is 12.6. The third kappa shape index (κ3) is 5.07. The Kier molecular flexibility index (Phi) is 6.69. The first-order valence-corrected chi connectivity index (χ1v) is 10.3. The van der Waals surface area contributed by atoms with Crippen LogP contribution in [-0.2, 0) is 17.8 Å². The molecule has 7 heteroatoms. The molecule has 1 atom stereocenters. The second-order valence-electron chi connectivity index (χ2n) is 6.47. The van der Waals surface area contributed by atoms with E-state index in [-0.39, 0.29) is 5.91 Å². The number of nitrogens with zero attached hydrogens (tertiary/aromatic N) is 2. The third-order valence-corrected chi connectivity index (χ3v) is 6.26. The molecule has 26 heavy (non-hydrogen) atoms.